The van der Waals surface area contributed by atoms with Crippen LogP contribution in [-0.2, 0) is 16.1 Å². The summed E-state index contributed by atoms with van der Waals surface area (Å²) in [6, 6.07) is 12.4. The minimum atomic E-state index is 0.125. The first-order valence-corrected chi connectivity index (χ1v) is 8.44. The molecule has 0 amide bonds. The molecular formula is C18H21N5O2. The number of benzene rings is 1. The predicted octanol–water partition coefficient (Wildman–Crippen LogP) is 2.46. The SMILES string of the molecule is COCc1cc(NC[C@H]2CCO[C@@H]2c2ccccc2)n2ncnc2n1. The quantitative estimate of drug-likeness (QED) is 0.744. The lowest BCUT2D eigenvalue weighted by Crippen LogP contribution is -2.19. The fourth-order valence-electron chi connectivity index (χ4n) is 3.30. The molecule has 7 heteroatoms. The van der Waals surface area contributed by atoms with Crippen molar-refractivity contribution in [1.82, 2.24) is 19.6 Å². The van der Waals surface area contributed by atoms with Crippen molar-refractivity contribution in [2.75, 3.05) is 25.6 Å². The molecule has 1 aromatic carbocycles. The smallest absolute Gasteiger partial charge is 0.254 e. The molecule has 0 unspecified atom stereocenters. The molecule has 2 aromatic heterocycles. The number of hydrogen-bond donors (Lipinski definition) is 1. The molecule has 4 rings (SSSR count). The molecular weight excluding hydrogens is 318 g/mol. The third-order valence-electron chi connectivity index (χ3n) is 4.48. The van der Waals surface area contributed by atoms with Gasteiger partial charge in [-0.2, -0.15) is 14.6 Å². The largest absolute Gasteiger partial charge is 0.378 e. The minimum absolute atomic E-state index is 0.125. The Morgan fingerprint density at radius 2 is 2.20 bits per heavy atom. The summed E-state index contributed by atoms with van der Waals surface area (Å²) in [5.74, 6) is 1.84. The molecule has 7 nitrogen and oxygen atoms in total. The third kappa shape index (κ3) is 3.33. The minimum Gasteiger partial charge on any atom is -0.378 e. The third-order valence-corrected chi connectivity index (χ3v) is 4.48. The van der Waals surface area contributed by atoms with Crippen LogP contribution in [0.5, 0.6) is 0 Å². The molecule has 3 aromatic rings. The molecule has 0 bridgehead atoms. The number of nitrogens with zero attached hydrogens (tertiary/aromatic N) is 4. The van der Waals surface area contributed by atoms with Gasteiger partial charge in [0.15, 0.2) is 0 Å². The van der Waals surface area contributed by atoms with Crippen LogP contribution in [0.15, 0.2) is 42.7 Å². The Labute approximate surface area is 146 Å². The van der Waals surface area contributed by atoms with E-state index in [1.807, 2.05) is 12.1 Å². The summed E-state index contributed by atoms with van der Waals surface area (Å²) < 4.78 is 12.9. The molecule has 2 atom stereocenters. The maximum absolute atomic E-state index is 5.97. The van der Waals surface area contributed by atoms with E-state index >= 15 is 0 Å². The van der Waals surface area contributed by atoms with Gasteiger partial charge in [-0.15, -0.1) is 0 Å². The summed E-state index contributed by atoms with van der Waals surface area (Å²) in [6.07, 6.45) is 2.67. The molecule has 1 fully saturated rings. The summed E-state index contributed by atoms with van der Waals surface area (Å²) in [6.45, 7) is 2.03. The van der Waals surface area contributed by atoms with Crippen molar-refractivity contribution in [1.29, 1.82) is 0 Å². The Bertz CT molecular complexity index is 836. The number of nitrogens with one attached hydrogen (secondary N) is 1. The van der Waals surface area contributed by atoms with Crippen LogP contribution in [0.2, 0.25) is 0 Å². The summed E-state index contributed by atoms with van der Waals surface area (Å²) in [7, 11) is 1.66. The van der Waals surface area contributed by atoms with Gasteiger partial charge in [0.25, 0.3) is 5.78 Å². The summed E-state index contributed by atoms with van der Waals surface area (Å²) in [5.41, 5.74) is 2.06. The zero-order chi connectivity index (χ0) is 17.1. The van der Waals surface area contributed by atoms with Gasteiger partial charge in [-0.25, -0.2) is 4.98 Å². The maximum Gasteiger partial charge on any atom is 0.254 e. The van der Waals surface area contributed by atoms with Crippen molar-refractivity contribution in [2.24, 2.45) is 5.92 Å². The van der Waals surface area contributed by atoms with Crippen LogP contribution < -0.4 is 5.32 Å². The van der Waals surface area contributed by atoms with E-state index in [-0.39, 0.29) is 6.10 Å². The van der Waals surface area contributed by atoms with E-state index in [9.17, 15) is 0 Å². The topological polar surface area (TPSA) is 73.6 Å². The fourth-order valence-corrected chi connectivity index (χ4v) is 3.30. The number of aromatic nitrogens is 4. The van der Waals surface area contributed by atoms with Gasteiger partial charge in [-0.3, -0.25) is 0 Å². The van der Waals surface area contributed by atoms with Crippen molar-refractivity contribution >= 4 is 11.6 Å². The molecule has 1 saturated heterocycles. The number of methoxy groups -OCH3 is 1. The molecule has 1 aliphatic heterocycles. The molecule has 0 aliphatic carbocycles. The van der Waals surface area contributed by atoms with Gasteiger partial charge in [-0.05, 0) is 12.0 Å². The van der Waals surface area contributed by atoms with Gasteiger partial charge < -0.3 is 14.8 Å². The number of rotatable bonds is 6. The highest BCUT2D eigenvalue weighted by atomic mass is 16.5. The van der Waals surface area contributed by atoms with E-state index in [2.05, 4.69) is 44.6 Å². The van der Waals surface area contributed by atoms with Crippen molar-refractivity contribution < 1.29 is 9.47 Å². The first kappa shape index (κ1) is 16.0. The Kier molecular flexibility index (Phi) is 4.58. The van der Waals surface area contributed by atoms with E-state index in [0.717, 1.165) is 31.1 Å². The van der Waals surface area contributed by atoms with Crippen molar-refractivity contribution in [3.05, 3.63) is 54.0 Å². The second-order valence-electron chi connectivity index (χ2n) is 6.17. The van der Waals surface area contributed by atoms with Gasteiger partial charge in [0.05, 0.1) is 18.4 Å². The molecule has 25 heavy (non-hydrogen) atoms. The van der Waals surface area contributed by atoms with Crippen LogP contribution >= 0.6 is 0 Å². The fraction of sp³-hybridized carbons (Fsp3) is 0.389. The van der Waals surface area contributed by atoms with Gasteiger partial charge in [0.2, 0.25) is 0 Å². The standard InChI is InChI=1S/C18H21N5O2/c1-24-11-15-9-16(23-18(22-15)20-12-21-23)19-10-14-7-8-25-17(14)13-5-3-2-4-6-13/h2-6,9,12,14,17,19H,7-8,10-11H2,1H3/t14-,17-/m1/s1. The highest BCUT2D eigenvalue weighted by Crippen LogP contribution is 2.34. The average molecular weight is 339 g/mol. The van der Waals surface area contributed by atoms with Gasteiger partial charge in [0, 0.05) is 32.2 Å². The lowest BCUT2D eigenvalue weighted by molar-refractivity contribution is 0.0933. The summed E-state index contributed by atoms with van der Waals surface area (Å²) in [5, 5.41) is 7.75. The Balaban J connectivity index is 1.52. The van der Waals surface area contributed by atoms with E-state index in [0.29, 0.717) is 18.3 Å². The van der Waals surface area contributed by atoms with E-state index < -0.39 is 0 Å². The highest BCUT2D eigenvalue weighted by molar-refractivity contribution is 5.45. The lowest BCUT2D eigenvalue weighted by Gasteiger charge is -2.20. The van der Waals surface area contributed by atoms with Crippen molar-refractivity contribution in [3.63, 3.8) is 0 Å². The number of anilines is 1. The number of fused-ring (bicyclic) bond motifs is 1. The molecule has 0 saturated carbocycles. The zero-order valence-electron chi connectivity index (χ0n) is 14.1. The van der Waals surface area contributed by atoms with Crippen LogP contribution in [0.1, 0.15) is 23.8 Å². The normalized spacial score (nSPS) is 20.2. The molecule has 0 radical (unpaired) electrons. The first-order valence-electron chi connectivity index (χ1n) is 8.44. The predicted molar refractivity (Wildman–Crippen MR) is 93.2 cm³/mol. The van der Waals surface area contributed by atoms with Gasteiger partial charge in [0.1, 0.15) is 12.1 Å². The molecule has 130 valence electrons. The van der Waals surface area contributed by atoms with Crippen LogP contribution in [-0.4, -0.2) is 39.8 Å². The molecule has 1 N–H and O–H groups in total. The molecule has 1 aliphatic rings. The van der Waals surface area contributed by atoms with Crippen molar-refractivity contribution in [2.45, 2.75) is 19.1 Å². The Hall–Kier alpha value is -2.51. The van der Waals surface area contributed by atoms with E-state index in [4.69, 9.17) is 9.47 Å². The second kappa shape index (κ2) is 7.16. The molecule has 3 heterocycles. The van der Waals surface area contributed by atoms with Crippen LogP contribution in [0.25, 0.3) is 5.78 Å². The Morgan fingerprint density at radius 1 is 1.32 bits per heavy atom. The van der Waals surface area contributed by atoms with E-state index in [1.165, 1.54) is 11.9 Å². The second-order valence-corrected chi connectivity index (χ2v) is 6.17. The summed E-state index contributed by atoms with van der Waals surface area (Å²) >= 11 is 0. The number of hydrogen-bond acceptors (Lipinski definition) is 6. The lowest BCUT2D eigenvalue weighted by atomic mass is 9.95. The van der Waals surface area contributed by atoms with Crippen LogP contribution in [0, 0.1) is 5.92 Å². The van der Waals surface area contributed by atoms with Crippen molar-refractivity contribution in [3.8, 4) is 0 Å². The van der Waals surface area contributed by atoms with Gasteiger partial charge in [-0.1, -0.05) is 30.3 Å². The molecule has 0 spiro atoms. The van der Waals surface area contributed by atoms with Crippen LogP contribution in [0.4, 0.5) is 5.82 Å². The first-order chi connectivity index (χ1) is 12.3. The van der Waals surface area contributed by atoms with Crippen LogP contribution in [0.3, 0.4) is 0 Å². The number of ether oxygens (including phenoxy) is 2. The Morgan fingerprint density at radius 3 is 3.04 bits per heavy atom. The maximum atomic E-state index is 5.97. The zero-order valence-corrected chi connectivity index (χ0v) is 14.1. The average Bonchev–Trinajstić information content (AvgIpc) is 3.30. The van der Waals surface area contributed by atoms with Gasteiger partial charge >= 0.3 is 0 Å². The van der Waals surface area contributed by atoms with E-state index in [1.54, 1.807) is 11.6 Å². The summed E-state index contributed by atoms with van der Waals surface area (Å²) in [4.78, 5) is 8.61. The monoisotopic (exact) mass is 339 g/mol. The highest BCUT2D eigenvalue weighted by Gasteiger charge is 2.29.